The molecule has 1 saturated carbocycles. The molecule has 0 amide bonds. The number of fused-ring (bicyclic) bond motifs is 1. The van der Waals surface area contributed by atoms with E-state index in [4.69, 9.17) is 15.5 Å². The van der Waals surface area contributed by atoms with Gasteiger partial charge in [0.05, 0.1) is 30.2 Å². The van der Waals surface area contributed by atoms with Crippen molar-refractivity contribution >= 4 is 59.4 Å². The third-order valence-corrected chi connectivity index (χ3v) is 6.24. The third kappa shape index (κ3) is 5.35. The molecule has 3 heterocycles. The lowest BCUT2D eigenvalue weighted by molar-refractivity contribution is 0.0698. The van der Waals surface area contributed by atoms with E-state index < -0.39 is 5.97 Å². The number of benzene rings is 1. The van der Waals surface area contributed by atoms with E-state index in [9.17, 15) is 9.90 Å². The van der Waals surface area contributed by atoms with Gasteiger partial charge in [-0.2, -0.15) is 9.97 Å². The highest BCUT2D eigenvalue weighted by Crippen LogP contribution is 2.30. The van der Waals surface area contributed by atoms with Crippen LogP contribution in [0.15, 0.2) is 30.6 Å². The minimum Gasteiger partial charge on any atom is -0.478 e. The maximum absolute atomic E-state index is 11.7. The van der Waals surface area contributed by atoms with Gasteiger partial charge in [0.1, 0.15) is 0 Å². The SMILES string of the molecule is Cl.Cl.NC1CCC(Nc2nc(Nc3ccccc3C(=O)O)c3ncn(C4CCOC4)c3n2)CC1. The van der Waals surface area contributed by atoms with Gasteiger partial charge < -0.3 is 30.8 Å². The summed E-state index contributed by atoms with van der Waals surface area (Å²) in [4.78, 5) is 25.7. The lowest BCUT2D eigenvalue weighted by atomic mass is 9.92. The van der Waals surface area contributed by atoms with Gasteiger partial charge in [-0.05, 0) is 44.2 Å². The quantitative estimate of drug-likeness (QED) is 0.390. The fourth-order valence-electron chi connectivity index (χ4n) is 4.43. The predicted molar refractivity (Wildman–Crippen MR) is 135 cm³/mol. The zero-order valence-electron chi connectivity index (χ0n) is 18.5. The van der Waals surface area contributed by atoms with Crippen LogP contribution in [0.5, 0.6) is 0 Å². The molecule has 2 aromatic heterocycles. The van der Waals surface area contributed by atoms with Gasteiger partial charge in [-0.3, -0.25) is 0 Å². The number of nitrogens with zero attached hydrogens (tertiary/aromatic N) is 4. The van der Waals surface area contributed by atoms with Gasteiger partial charge in [-0.1, -0.05) is 12.1 Å². The normalized spacial score (nSPS) is 22.0. The Bertz CT molecular complexity index is 1130. The predicted octanol–water partition coefficient (Wildman–Crippen LogP) is 3.75. The number of aromatic carboxylic acids is 1. The molecule has 1 aliphatic carbocycles. The Labute approximate surface area is 209 Å². The second kappa shape index (κ2) is 11.2. The molecule has 1 aromatic carbocycles. The first-order valence-corrected chi connectivity index (χ1v) is 11.0. The number of imidazole rings is 1. The smallest absolute Gasteiger partial charge is 0.337 e. The van der Waals surface area contributed by atoms with Crippen LogP contribution in [0, 0.1) is 0 Å². The number of carbonyl (C=O) groups is 1. The molecule has 184 valence electrons. The number of anilines is 3. The van der Waals surface area contributed by atoms with E-state index in [-0.39, 0.29) is 48.5 Å². The number of carboxylic acids is 1. The molecule has 0 bridgehead atoms. The van der Waals surface area contributed by atoms with Gasteiger partial charge in [0.2, 0.25) is 5.95 Å². The van der Waals surface area contributed by atoms with Crippen LogP contribution >= 0.6 is 24.8 Å². The first-order valence-electron chi connectivity index (χ1n) is 11.0. The standard InChI is InChI=1S/C22H27N7O3.2ClH/c23-13-5-7-14(8-6-13)25-22-27-19(26-17-4-2-1-3-16(17)21(30)31)18-20(28-22)29(12-24-18)15-9-10-32-11-15;;/h1-4,12-15H,5-11,23H2,(H,30,31)(H2,25,26,27,28);2*1H. The van der Waals surface area contributed by atoms with E-state index in [1.165, 1.54) is 0 Å². The molecule has 10 nitrogen and oxygen atoms in total. The number of ether oxygens (including phenoxy) is 1. The molecular formula is C22H29Cl2N7O3. The summed E-state index contributed by atoms with van der Waals surface area (Å²) in [7, 11) is 0. The summed E-state index contributed by atoms with van der Waals surface area (Å²) in [6.45, 7) is 1.32. The molecule has 0 spiro atoms. The van der Waals surface area contributed by atoms with E-state index in [0.717, 1.165) is 32.1 Å². The summed E-state index contributed by atoms with van der Waals surface area (Å²) >= 11 is 0. The van der Waals surface area contributed by atoms with E-state index in [1.807, 2.05) is 4.57 Å². The van der Waals surface area contributed by atoms with Crippen LogP contribution in [-0.2, 0) is 4.74 Å². The van der Waals surface area contributed by atoms with Crippen LogP contribution in [0.1, 0.15) is 48.5 Å². The Hall–Kier alpha value is -2.66. The summed E-state index contributed by atoms with van der Waals surface area (Å²) in [5.41, 5.74) is 7.95. The Morgan fingerprint density at radius 1 is 1.12 bits per heavy atom. The van der Waals surface area contributed by atoms with Gasteiger partial charge in [0.25, 0.3) is 0 Å². The monoisotopic (exact) mass is 509 g/mol. The van der Waals surface area contributed by atoms with E-state index >= 15 is 0 Å². The Morgan fingerprint density at radius 2 is 1.88 bits per heavy atom. The van der Waals surface area contributed by atoms with Crippen molar-refractivity contribution in [2.75, 3.05) is 23.8 Å². The highest BCUT2D eigenvalue weighted by Gasteiger charge is 2.24. The molecule has 0 radical (unpaired) electrons. The van der Waals surface area contributed by atoms with Crippen molar-refractivity contribution in [1.29, 1.82) is 0 Å². The van der Waals surface area contributed by atoms with Crippen LogP contribution in [0.3, 0.4) is 0 Å². The van der Waals surface area contributed by atoms with Crippen molar-refractivity contribution in [3.63, 3.8) is 0 Å². The van der Waals surface area contributed by atoms with E-state index in [2.05, 4.69) is 20.6 Å². The number of aromatic nitrogens is 4. The molecular weight excluding hydrogens is 481 g/mol. The van der Waals surface area contributed by atoms with Crippen LogP contribution in [0.25, 0.3) is 11.2 Å². The zero-order valence-corrected chi connectivity index (χ0v) is 20.1. The summed E-state index contributed by atoms with van der Waals surface area (Å²) in [6, 6.07) is 7.42. The number of para-hydroxylation sites is 1. The van der Waals surface area contributed by atoms with Gasteiger partial charge >= 0.3 is 5.97 Å². The van der Waals surface area contributed by atoms with Crippen LogP contribution < -0.4 is 16.4 Å². The second-order valence-corrected chi connectivity index (χ2v) is 8.47. The zero-order chi connectivity index (χ0) is 22.1. The number of rotatable bonds is 6. The minimum atomic E-state index is -1.01. The second-order valence-electron chi connectivity index (χ2n) is 8.47. The molecule has 34 heavy (non-hydrogen) atoms. The Morgan fingerprint density at radius 3 is 2.59 bits per heavy atom. The van der Waals surface area contributed by atoms with Crippen LogP contribution in [0.4, 0.5) is 17.5 Å². The summed E-state index contributed by atoms with van der Waals surface area (Å²) in [5, 5.41) is 16.2. The fourth-order valence-corrected chi connectivity index (χ4v) is 4.43. The number of nitrogens with one attached hydrogen (secondary N) is 2. The van der Waals surface area contributed by atoms with Gasteiger partial charge in [0, 0.05) is 18.7 Å². The molecule has 3 aromatic rings. The highest BCUT2D eigenvalue weighted by atomic mass is 35.5. The summed E-state index contributed by atoms with van der Waals surface area (Å²) in [6.07, 6.45) is 6.51. The lowest BCUT2D eigenvalue weighted by Crippen LogP contribution is -2.33. The molecule has 2 aliphatic rings. The molecule has 1 saturated heterocycles. The van der Waals surface area contributed by atoms with Crippen molar-refractivity contribution in [3.8, 4) is 0 Å². The average molecular weight is 510 g/mol. The number of hydrogen-bond acceptors (Lipinski definition) is 8. The van der Waals surface area contributed by atoms with E-state index in [1.54, 1.807) is 30.6 Å². The van der Waals surface area contributed by atoms with Gasteiger partial charge in [0.15, 0.2) is 17.0 Å². The maximum atomic E-state index is 11.7. The number of nitrogens with two attached hydrogens (primary N) is 1. The molecule has 5 rings (SSSR count). The van der Waals surface area contributed by atoms with Crippen molar-refractivity contribution in [3.05, 3.63) is 36.2 Å². The minimum absolute atomic E-state index is 0. The van der Waals surface area contributed by atoms with E-state index in [0.29, 0.717) is 41.8 Å². The van der Waals surface area contributed by atoms with Crippen molar-refractivity contribution in [1.82, 2.24) is 19.5 Å². The summed E-state index contributed by atoms with van der Waals surface area (Å²) < 4.78 is 7.59. The fraction of sp³-hybridized carbons (Fsp3) is 0.455. The lowest BCUT2D eigenvalue weighted by Gasteiger charge is -2.27. The third-order valence-electron chi connectivity index (χ3n) is 6.24. The van der Waals surface area contributed by atoms with Crippen molar-refractivity contribution in [2.45, 2.75) is 50.2 Å². The first-order chi connectivity index (χ1) is 15.6. The maximum Gasteiger partial charge on any atom is 0.337 e. The van der Waals surface area contributed by atoms with Crippen molar-refractivity contribution < 1.29 is 14.6 Å². The Balaban J connectivity index is 0.00000162. The number of halogens is 2. The first kappa shape index (κ1) is 26.0. The molecule has 1 aliphatic heterocycles. The number of carboxylic acid groups (broad SMARTS) is 1. The summed E-state index contributed by atoms with van der Waals surface area (Å²) in [5.74, 6) is -0.0470. The number of hydrogen-bond donors (Lipinski definition) is 4. The molecule has 5 N–H and O–H groups in total. The molecule has 12 heteroatoms. The van der Waals surface area contributed by atoms with Gasteiger partial charge in [-0.15, -0.1) is 24.8 Å². The average Bonchev–Trinajstić information content (AvgIpc) is 3.45. The molecule has 1 unspecified atom stereocenters. The largest absolute Gasteiger partial charge is 0.478 e. The van der Waals surface area contributed by atoms with Crippen LogP contribution in [0.2, 0.25) is 0 Å². The van der Waals surface area contributed by atoms with Crippen molar-refractivity contribution in [2.24, 2.45) is 5.73 Å². The van der Waals surface area contributed by atoms with Crippen LogP contribution in [-0.4, -0.2) is 55.9 Å². The van der Waals surface area contributed by atoms with Gasteiger partial charge in [-0.25, -0.2) is 9.78 Å². The molecule has 2 fully saturated rings. The highest BCUT2D eigenvalue weighted by molar-refractivity contribution is 5.96. The Kier molecular flexibility index (Phi) is 8.53. The topological polar surface area (TPSA) is 140 Å². The molecule has 1 atom stereocenters.